The maximum atomic E-state index is 12.8. The van der Waals surface area contributed by atoms with Gasteiger partial charge >= 0.3 is 5.97 Å². The first kappa shape index (κ1) is 15.5. The first-order chi connectivity index (χ1) is 10.5. The molecule has 1 atom stereocenters. The highest BCUT2D eigenvalue weighted by Crippen LogP contribution is 2.33. The van der Waals surface area contributed by atoms with Crippen LogP contribution in [0.4, 0.5) is 0 Å². The van der Waals surface area contributed by atoms with E-state index in [2.05, 4.69) is 0 Å². The van der Waals surface area contributed by atoms with Crippen LogP contribution in [0.3, 0.4) is 0 Å². The molecule has 2 fully saturated rings. The van der Waals surface area contributed by atoms with Gasteiger partial charge in [-0.25, -0.2) is 13.2 Å². The SMILES string of the molecule is O=C(O)c1ccc(S(=O)(=O)N(CC2CCOC2)C2CC2)cc1. The summed E-state index contributed by atoms with van der Waals surface area (Å²) >= 11 is 0. The molecule has 1 aliphatic heterocycles. The van der Waals surface area contributed by atoms with Gasteiger partial charge in [0.15, 0.2) is 0 Å². The minimum absolute atomic E-state index is 0.0738. The zero-order chi connectivity index (χ0) is 15.7. The number of hydrogen-bond donors (Lipinski definition) is 1. The molecule has 1 aliphatic carbocycles. The van der Waals surface area contributed by atoms with Crippen LogP contribution in [0, 0.1) is 5.92 Å². The Morgan fingerprint density at radius 1 is 1.23 bits per heavy atom. The zero-order valence-corrected chi connectivity index (χ0v) is 13.0. The van der Waals surface area contributed by atoms with Gasteiger partial charge in [0.1, 0.15) is 0 Å². The Morgan fingerprint density at radius 3 is 2.41 bits per heavy atom. The fourth-order valence-corrected chi connectivity index (χ4v) is 4.45. The molecule has 1 N–H and O–H groups in total. The quantitative estimate of drug-likeness (QED) is 0.858. The summed E-state index contributed by atoms with van der Waals surface area (Å²) < 4.78 is 32.5. The summed E-state index contributed by atoms with van der Waals surface area (Å²) in [7, 11) is -3.58. The van der Waals surface area contributed by atoms with Crippen LogP contribution in [0.2, 0.25) is 0 Å². The molecule has 0 amide bonds. The lowest BCUT2D eigenvalue weighted by Gasteiger charge is -2.24. The average Bonchev–Trinajstić information content (AvgIpc) is 3.20. The Morgan fingerprint density at radius 2 is 1.91 bits per heavy atom. The number of nitrogens with zero attached hydrogens (tertiary/aromatic N) is 1. The van der Waals surface area contributed by atoms with Crippen molar-refractivity contribution >= 4 is 16.0 Å². The van der Waals surface area contributed by atoms with Crippen molar-refractivity contribution in [2.45, 2.75) is 30.2 Å². The smallest absolute Gasteiger partial charge is 0.335 e. The number of carboxylic acids is 1. The topological polar surface area (TPSA) is 83.9 Å². The molecule has 2 aliphatic rings. The number of rotatable bonds is 6. The van der Waals surface area contributed by atoms with Gasteiger partial charge in [0.05, 0.1) is 17.1 Å². The highest BCUT2D eigenvalue weighted by atomic mass is 32.2. The first-order valence-corrected chi connectivity index (χ1v) is 8.85. The maximum Gasteiger partial charge on any atom is 0.335 e. The number of sulfonamides is 1. The van der Waals surface area contributed by atoms with Crippen molar-refractivity contribution in [1.29, 1.82) is 0 Å². The Labute approximate surface area is 129 Å². The maximum absolute atomic E-state index is 12.8. The van der Waals surface area contributed by atoms with Crippen molar-refractivity contribution in [1.82, 2.24) is 4.31 Å². The summed E-state index contributed by atoms with van der Waals surface area (Å²) in [6, 6.07) is 5.49. The second kappa shape index (κ2) is 5.98. The predicted octanol–water partition coefficient (Wildman–Crippen LogP) is 1.57. The molecule has 1 aromatic carbocycles. The molecule has 6 nitrogen and oxygen atoms in total. The summed E-state index contributed by atoms with van der Waals surface area (Å²) in [6.45, 7) is 1.78. The van der Waals surface area contributed by atoms with E-state index in [1.54, 1.807) is 4.31 Å². The molecular weight excluding hydrogens is 306 g/mol. The van der Waals surface area contributed by atoms with E-state index in [9.17, 15) is 13.2 Å². The Balaban J connectivity index is 1.83. The van der Waals surface area contributed by atoms with Gasteiger partial charge in [-0.1, -0.05) is 0 Å². The zero-order valence-electron chi connectivity index (χ0n) is 12.1. The van der Waals surface area contributed by atoms with Crippen LogP contribution in [0.1, 0.15) is 29.6 Å². The van der Waals surface area contributed by atoms with Crippen LogP contribution in [-0.4, -0.2) is 49.6 Å². The molecule has 0 radical (unpaired) electrons. The number of carboxylic acid groups (broad SMARTS) is 1. The standard InChI is InChI=1S/C15H19NO5S/c17-15(18)12-1-5-14(6-2-12)22(19,20)16(13-3-4-13)9-11-7-8-21-10-11/h1-2,5-6,11,13H,3-4,7-10H2,(H,17,18). The van der Waals surface area contributed by atoms with E-state index in [1.165, 1.54) is 24.3 Å². The number of carbonyl (C=O) groups is 1. The average molecular weight is 325 g/mol. The van der Waals surface area contributed by atoms with Gasteiger partial charge in [-0.3, -0.25) is 0 Å². The summed E-state index contributed by atoms with van der Waals surface area (Å²) in [6.07, 6.45) is 2.66. The van der Waals surface area contributed by atoms with E-state index >= 15 is 0 Å². The van der Waals surface area contributed by atoms with Gasteiger partial charge in [0, 0.05) is 19.2 Å². The number of aromatic carboxylic acids is 1. The van der Waals surface area contributed by atoms with Crippen LogP contribution in [0.5, 0.6) is 0 Å². The van der Waals surface area contributed by atoms with Gasteiger partial charge in [-0.2, -0.15) is 4.31 Å². The molecule has 1 heterocycles. The van der Waals surface area contributed by atoms with E-state index in [-0.39, 0.29) is 22.4 Å². The van der Waals surface area contributed by atoms with E-state index in [4.69, 9.17) is 9.84 Å². The Bertz CT molecular complexity index is 645. The molecule has 1 saturated carbocycles. The van der Waals surface area contributed by atoms with Crippen LogP contribution in [0.15, 0.2) is 29.2 Å². The molecule has 22 heavy (non-hydrogen) atoms. The molecule has 0 aromatic heterocycles. The molecule has 1 aromatic rings. The normalized spacial score (nSPS) is 22.1. The molecule has 0 spiro atoms. The second-order valence-electron chi connectivity index (χ2n) is 5.87. The monoisotopic (exact) mass is 325 g/mol. The number of hydrogen-bond acceptors (Lipinski definition) is 4. The molecule has 0 bridgehead atoms. The predicted molar refractivity (Wildman–Crippen MR) is 79.2 cm³/mol. The number of ether oxygens (including phenoxy) is 1. The van der Waals surface area contributed by atoms with Crippen LogP contribution in [-0.2, 0) is 14.8 Å². The Hall–Kier alpha value is -1.44. The molecule has 1 saturated heterocycles. The van der Waals surface area contributed by atoms with Gasteiger partial charge < -0.3 is 9.84 Å². The van der Waals surface area contributed by atoms with Crippen molar-refractivity contribution in [3.63, 3.8) is 0 Å². The summed E-state index contributed by atoms with van der Waals surface area (Å²) in [5.74, 6) is -0.820. The van der Waals surface area contributed by atoms with E-state index in [0.717, 1.165) is 19.3 Å². The van der Waals surface area contributed by atoms with Crippen molar-refractivity contribution in [3.05, 3.63) is 29.8 Å². The highest BCUT2D eigenvalue weighted by Gasteiger charge is 2.39. The molecule has 3 rings (SSSR count). The van der Waals surface area contributed by atoms with E-state index < -0.39 is 16.0 Å². The van der Waals surface area contributed by atoms with Gasteiger partial charge in [-0.15, -0.1) is 0 Å². The van der Waals surface area contributed by atoms with Crippen molar-refractivity contribution in [2.24, 2.45) is 5.92 Å². The fraction of sp³-hybridized carbons (Fsp3) is 0.533. The first-order valence-electron chi connectivity index (χ1n) is 7.41. The minimum Gasteiger partial charge on any atom is -0.478 e. The van der Waals surface area contributed by atoms with Crippen LogP contribution >= 0.6 is 0 Å². The lowest BCUT2D eigenvalue weighted by Crippen LogP contribution is -2.37. The number of benzene rings is 1. The third-order valence-electron chi connectivity index (χ3n) is 4.12. The second-order valence-corrected chi connectivity index (χ2v) is 7.76. The summed E-state index contributed by atoms with van der Waals surface area (Å²) in [4.78, 5) is 11.0. The third kappa shape index (κ3) is 3.16. The molecule has 7 heteroatoms. The van der Waals surface area contributed by atoms with Crippen molar-refractivity contribution < 1.29 is 23.1 Å². The van der Waals surface area contributed by atoms with Crippen LogP contribution < -0.4 is 0 Å². The Kier molecular flexibility index (Phi) is 4.20. The molecule has 1 unspecified atom stereocenters. The molecule has 120 valence electrons. The van der Waals surface area contributed by atoms with Gasteiger partial charge in [0.2, 0.25) is 10.0 Å². The highest BCUT2D eigenvalue weighted by molar-refractivity contribution is 7.89. The van der Waals surface area contributed by atoms with Gasteiger partial charge in [0.25, 0.3) is 0 Å². The van der Waals surface area contributed by atoms with Crippen LogP contribution in [0.25, 0.3) is 0 Å². The fourth-order valence-electron chi connectivity index (χ4n) is 2.69. The lowest BCUT2D eigenvalue weighted by atomic mass is 10.1. The lowest BCUT2D eigenvalue weighted by molar-refractivity contribution is 0.0696. The minimum atomic E-state index is -3.58. The molecular formula is C15H19NO5S. The van der Waals surface area contributed by atoms with Crippen molar-refractivity contribution in [2.75, 3.05) is 19.8 Å². The van der Waals surface area contributed by atoms with Gasteiger partial charge in [-0.05, 0) is 49.4 Å². The summed E-state index contributed by atoms with van der Waals surface area (Å²) in [5.41, 5.74) is 0.0844. The van der Waals surface area contributed by atoms with Crippen molar-refractivity contribution in [3.8, 4) is 0 Å². The van der Waals surface area contributed by atoms with E-state index in [0.29, 0.717) is 19.8 Å². The summed E-state index contributed by atoms with van der Waals surface area (Å²) in [5, 5.41) is 8.90. The largest absolute Gasteiger partial charge is 0.478 e. The van der Waals surface area contributed by atoms with E-state index in [1.807, 2.05) is 0 Å². The third-order valence-corrected chi connectivity index (χ3v) is 6.06.